The number of thiophene rings is 1. The third-order valence-electron chi connectivity index (χ3n) is 3.43. The van der Waals surface area contributed by atoms with E-state index in [9.17, 15) is 0 Å². The van der Waals surface area contributed by atoms with Gasteiger partial charge in [-0.05, 0) is 55.2 Å². The highest BCUT2D eigenvalue weighted by molar-refractivity contribution is 7.12. The molecule has 0 radical (unpaired) electrons. The normalized spacial score (nSPS) is 12.7. The van der Waals surface area contributed by atoms with Gasteiger partial charge in [-0.15, -0.1) is 11.3 Å². The molecule has 3 heteroatoms. The fourth-order valence-corrected chi connectivity index (χ4v) is 3.30. The SMILES string of the molecule is Cc1ccc(C(CN)Oc2ccc(C(C)C)c(C)c2)s1. The van der Waals surface area contributed by atoms with Gasteiger partial charge >= 0.3 is 0 Å². The average molecular weight is 289 g/mol. The van der Waals surface area contributed by atoms with Crippen LogP contribution in [0.5, 0.6) is 5.75 Å². The largest absolute Gasteiger partial charge is 0.484 e. The van der Waals surface area contributed by atoms with Crippen molar-refractivity contribution in [2.45, 2.75) is 39.7 Å². The maximum absolute atomic E-state index is 6.06. The molecule has 20 heavy (non-hydrogen) atoms. The molecular formula is C17H23NOS. The van der Waals surface area contributed by atoms with Crippen molar-refractivity contribution < 1.29 is 4.74 Å². The zero-order valence-electron chi connectivity index (χ0n) is 12.6. The Bertz CT molecular complexity index is 574. The van der Waals surface area contributed by atoms with E-state index in [0.717, 1.165) is 5.75 Å². The molecule has 0 aliphatic carbocycles. The van der Waals surface area contributed by atoms with Gasteiger partial charge < -0.3 is 10.5 Å². The highest BCUT2D eigenvalue weighted by Crippen LogP contribution is 2.29. The Hall–Kier alpha value is -1.32. The summed E-state index contributed by atoms with van der Waals surface area (Å²) >= 11 is 1.75. The lowest BCUT2D eigenvalue weighted by Crippen LogP contribution is -2.17. The Morgan fingerprint density at radius 3 is 2.40 bits per heavy atom. The van der Waals surface area contributed by atoms with Gasteiger partial charge in [-0.1, -0.05) is 19.9 Å². The van der Waals surface area contributed by atoms with Crippen molar-refractivity contribution in [2.75, 3.05) is 6.54 Å². The molecule has 0 saturated carbocycles. The van der Waals surface area contributed by atoms with Crippen LogP contribution in [0.15, 0.2) is 30.3 Å². The zero-order chi connectivity index (χ0) is 14.7. The number of aryl methyl sites for hydroxylation is 2. The molecule has 1 atom stereocenters. The Morgan fingerprint density at radius 1 is 1.15 bits per heavy atom. The van der Waals surface area contributed by atoms with Crippen LogP contribution in [0.25, 0.3) is 0 Å². The molecule has 0 fully saturated rings. The molecule has 2 aromatic rings. The summed E-state index contributed by atoms with van der Waals surface area (Å²) in [6, 6.07) is 10.5. The van der Waals surface area contributed by atoms with Gasteiger partial charge in [-0.3, -0.25) is 0 Å². The van der Waals surface area contributed by atoms with Crippen molar-refractivity contribution in [1.29, 1.82) is 0 Å². The van der Waals surface area contributed by atoms with Gasteiger partial charge in [-0.2, -0.15) is 0 Å². The molecule has 0 aliphatic rings. The Kier molecular flexibility index (Phi) is 4.84. The molecule has 108 valence electrons. The lowest BCUT2D eigenvalue weighted by atomic mass is 9.98. The van der Waals surface area contributed by atoms with Gasteiger partial charge in [0.15, 0.2) is 0 Å². The predicted molar refractivity (Wildman–Crippen MR) is 86.7 cm³/mol. The van der Waals surface area contributed by atoms with Crippen molar-refractivity contribution in [2.24, 2.45) is 5.73 Å². The first-order valence-electron chi connectivity index (χ1n) is 7.05. The fraction of sp³-hybridized carbons (Fsp3) is 0.412. The second-order valence-electron chi connectivity index (χ2n) is 5.46. The first-order chi connectivity index (χ1) is 9.51. The van der Waals surface area contributed by atoms with Crippen LogP contribution in [0.1, 0.15) is 46.8 Å². The molecule has 1 aromatic heterocycles. The maximum Gasteiger partial charge on any atom is 0.145 e. The first-order valence-corrected chi connectivity index (χ1v) is 7.86. The third kappa shape index (κ3) is 3.41. The number of hydrogen-bond acceptors (Lipinski definition) is 3. The second-order valence-corrected chi connectivity index (χ2v) is 6.78. The molecule has 1 heterocycles. The highest BCUT2D eigenvalue weighted by Gasteiger charge is 2.14. The van der Waals surface area contributed by atoms with Crippen LogP contribution in [0.2, 0.25) is 0 Å². The van der Waals surface area contributed by atoms with Crippen LogP contribution in [-0.4, -0.2) is 6.54 Å². The molecule has 0 saturated heterocycles. The van der Waals surface area contributed by atoms with E-state index in [0.29, 0.717) is 12.5 Å². The highest BCUT2D eigenvalue weighted by atomic mass is 32.1. The minimum absolute atomic E-state index is 0.0574. The molecule has 0 spiro atoms. The maximum atomic E-state index is 6.06. The number of ether oxygens (including phenoxy) is 1. The van der Waals surface area contributed by atoms with Gasteiger partial charge in [0.1, 0.15) is 11.9 Å². The van der Waals surface area contributed by atoms with Crippen molar-refractivity contribution >= 4 is 11.3 Å². The van der Waals surface area contributed by atoms with E-state index in [2.05, 4.69) is 52.0 Å². The summed E-state index contributed by atoms with van der Waals surface area (Å²) in [6.07, 6.45) is -0.0574. The van der Waals surface area contributed by atoms with Crippen LogP contribution < -0.4 is 10.5 Å². The molecule has 2 rings (SSSR count). The quantitative estimate of drug-likeness (QED) is 0.875. The number of hydrogen-bond donors (Lipinski definition) is 1. The molecule has 0 aliphatic heterocycles. The first kappa shape index (κ1) is 15.1. The molecule has 1 aromatic carbocycles. The molecule has 2 nitrogen and oxygen atoms in total. The summed E-state index contributed by atoms with van der Waals surface area (Å²) in [6.45, 7) is 9.14. The molecular weight excluding hydrogens is 266 g/mol. The number of benzene rings is 1. The average Bonchev–Trinajstić information content (AvgIpc) is 2.82. The van der Waals surface area contributed by atoms with Crippen LogP contribution in [0, 0.1) is 13.8 Å². The van der Waals surface area contributed by atoms with E-state index >= 15 is 0 Å². The van der Waals surface area contributed by atoms with Gasteiger partial charge in [0.25, 0.3) is 0 Å². The molecule has 2 N–H and O–H groups in total. The van der Waals surface area contributed by atoms with Crippen LogP contribution in [0.3, 0.4) is 0 Å². The minimum Gasteiger partial charge on any atom is -0.484 e. The Morgan fingerprint density at radius 2 is 1.90 bits per heavy atom. The van der Waals surface area contributed by atoms with E-state index in [4.69, 9.17) is 10.5 Å². The van der Waals surface area contributed by atoms with Crippen LogP contribution >= 0.6 is 11.3 Å². The van der Waals surface area contributed by atoms with E-state index in [1.165, 1.54) is 20.9 Å². The number of nitrogens with two attached hydrogens (primary N) is 1. The van der Waals surface area contributed by atoms with E-state index in [1.54, 1.807) is 11.3 Å². The van der Waals surface area contributed by atoms with E-state index in [-0.39, 0.29) is 6.10 Å². The predicted octanol–water partition coefficient (Wildman–Crippen LogP) is 4.57. The lowest BCUT2D eigenvalue weighted by Gasteiger charge is -2.18. The smallest absolute Gasteiger partial charge is 0.145 e. The van der Waals surface area contributed by atoms with Crippen LogP contribution in [0.4, 0.5) is 0 Å². The van der Waals surface area contributed by atoms with Gasteiger partial charge in [-0.25, -0.2) is 0 Å². The summed E-state index contributed by atoms with van der Waals surface area (Å²) in [7, 11) is 0. The minimum atomic E-state index is -0.0574. The lowest BCUT2D eigenvalue weighted by molar-refractivity contribution is 0.218. The molecule has 0 amide bonds. The summed E-state index contributed by atoms with van der Waals surface area (Å²) < 4.78 is 6.06. The topological polar surface area (TPSA) is 35.2 Å². The van der Waals surface area contributed by atoms with Crippen molar-refractivity contribution in [1.82, 2.24) is 0 Å². The summed E-state index contributed by atoms with van der Waals surface area (Å²) in [5, 5.41) is 0. The second kappa shape index (κ2) is 6.42. The fourth-order valence-electron chi connectivity index (χ4n) is 2.38. The van der Waals surface area contributed by atoms with Crippen molar-refractivity contribution in [3.8, 4) is 5.75 Å². The van der Waals surface area contributed by atoms with E-state index in [1.807, 2.05) is 6.07 Å². The zero-order valence-corrected chi connectivity index (χ0v) is 13.5. The van der Waals surface area contributed by atoms with Crippen LogP contribution in [-0.2, 0) is 0 Å². The third-order valence-corrected chi connectivity index (χ3v) is 4.53. The van der Waals surface area contributed by atoms with Gasteiger partial charge in [0, 0.05) is 16.3 Å². The van der Waals surface area contributed by atoms with E-state index < -0.39 is 0 Å². The van der Waals surface area contributed by atoms with Crippen molar-refractivity contribution in [3.05, 3.63) is 51.2 Å². The number of rotatable bonds is 5. The summed E-state index contributed by atoms with van der Waals surface area (Å²) in [5.41, 5.74) is 8.50. The monoisotopic (exact) mass is 289 g/mol. The Balaban J connectivity index is 2.18. The van der Waals surface area contributed by atoms with Crippen molar-refractivity contribution in [3.63, 3.8) is 0 Å². The van der Waals surface area contributed by atoms with Gasteiger partial charge in [0.05, 0.1) is 0 Å². The summed E-state index contributed by atoms with van der Waals surface area (Å²) in [5.74, 6) is 1.43. The molecule has 1 unspecified atom stereocenters. The molecule has 0 bridgehead atoms. The van der Waals surface area contributed by atoms with Gasteiger partial charge in [0.2, 0.25) is 0 Å². The summed E-state index contributed by atoms with van der Waals surface area (Å²) in [4.78, 5) is 2.48. The standard InChI is InChI=1S/C17H23NOS/c1-11(2)15-7-6-14(9-12(15)3)19-16(10-18)17-8-5-13(4)20-17/h5-9,11,16H,10,18H2,1-4H3. The Labute approximate surface area is 125 Å².